The number of amides is 1. The molecule has 0 radical (unpaired) electrons. The molecule has 0 bridgehead atoms. The summed E-state index contributed by atoms with van der Waals surface area (Å²) < 4.78 is 0.976. The normalized spacial score (nSPS) is 25.3. The summed E-state index contributed by atoms with van der Waals surface area (Å²) in [6.45, 7) is 3.75. The molecule has 0 spiro atoms. The van der Waals surface area contributed by atoms with Crippen molar-refractivity contribution in [3.63, 3.8) is 0 Å². The Bertz CT molecular complexity index is 751. The number of nitrogens with zero attached hydrogens (tertiary/aromatic N) is 3. The molecule has 7 heteroatoms. The van der Waals surface area contributed by atoms with Gasteiger partial charge in [0.2, 0.25) is 5.91 Å². The highest BCUT2D eigenvalue weighted by Gasteiger charge is 2.46. The first kappa shape index (κ1) is 17.9. The first-order chi connectivity index (χ1) is 12.7. The highest BCUT2D eigenvalue weighted by Crippen LogP contribution is 2.44. The molecule has 138 valence electrons. The average Bonchev–Trinajstić information content (AvgIpc) is 3.36. The fourth-order valence-corrected chi connectivity index (χ4v) is 5.97. The molecule has 1 aromatic heterocycles. The molecule has 1 amide bonds. The Kier molecular flexibility index (Phi) is 5.57. The lowest BCUT2D eigenvalue weighted by molar-refractivity contribution is -0.125. The van der Waals surface area contributed by atoms with Crippen LogP contribution < -0.4 is 5.32 Å². The topological polar surface area (TPSA) is 58.1 Å². The lowest BCUT2D eigenvalue weighted by Crippen LogP contribution is -2.38. The van der Waals surface area contributed by atoms with Gasteiger partial charge in [-0.15, -0.1) is 10.2 Å². The molecule has 0 saturated carbocycles. The van der Waals surface area contributed by atoms with Crippen LogP contribution in [0.2, 0.25) is 0 Å². The highest BCUT2D eigenvalue weighted by atomic mass is 32.2. The number of thioether (sulfide) groups is 1. The Labute approximate surface area is 162 Å². The molecule has 0 unspecified atom stereocenters. The van der Waals surface area contributed by atoms with E-state index < -0.39 is 0 Å². The van der Waals surface area contributed by atoms with Crippen LogP contribution in [0.3, 0.4) is 0 Å². The van der Waals surface area contributed by atoms with Gasteiger partial charge in [0.05, 0.1) is 5.92 Å². The summed E-state index contributed by atoms with van der Waals surface area (Å²) in [6.07, 6.45) is 3.27. The van der Waals surface area contributed by atoms with Crippen molar-refractivity contribution in [2.24, 2.45) is 5.92 Å². The third-order valence-corrected chi connectivity index (χ3v) is 7.31. The minimum atomic E-state index is 0.108. The molecule has 1 N–H and O–H groups in total. The standard InChI is InChI=1S/C19H24N4OS2/c1-13-21-22-19(26-13)25-11-9-20-18(24)15-12-17(14-6-3-2-4-7-14)23-10-5-8-16(15)23/h2-4,6-7,15-17H,5,8-12H2,1H3,(H,20,24)/t15-,16+,17-/m1/s1. The molecule has 26 heavy (non-hydrogen) atoms. The Morgan fingerprint density at radius 3 is 2.96 bits per heavy atom. The number of carbonyl (C=O) groups is 1. The smallest absolute Gasteiger partial charge is 0.224 e. The van der Waals surface area contributed by atoms with Crippen molar-refractivity contribution in [1.29, 1.82) is 0 Å². The van der Waals surface area contributed by atoms with E-state index in [-0.39, 0.29) is 11.8 Å². The second-order valence-corrected chi connectivity index (χ2v) is 9.47. The van der Waals surface area contributed by atoms with E-state index >= 15 is 0 Å². The third-order valence-electron chi connectivity index (χ3n) is 5.34. The number of rotatable bonds is 6. The molecule has 3 heterocycles. The molecule has 3 atom stereocenters. The van der Waals surface area contributed by atoms with Crippen LogP contribution in [-0.4, -0.2) is 45.9 Å². The number of aryl methyl sites for hydroxylation is 1. The zero-order valence-corrected chi connectivity index (χ0v) is 16.6. The van der Waals surface area contributed by atoms with E-state index in [0.717, 1.165) is 34.5 Å². The van der Waals surface area contributed by atoms with E-state index in [1.807, 2.05) is 6.92 Å². The van der Waals surface area contributed by atoms with Gasteiger partial charge in [-0.25, -0.2) is 0 Å². The molecule has 0 aliphatic carbocycles. The lowest BCUT2D eigenvalue weighted by Gasteiger charge is -2.24. The second-order valence-electron chi connectivity index (χ2n) is 6.94. The fourth-order valence-electron chi connectivity index (χ4n) is 4.23. The van der Waals surface area contributed by atoms with Crippen LogP contribution in [0.5, 0.6) is 0 Å². The van der Waals surface area contributed by atoms with Crippen LogP contribution in [-0.2, 0) is 4.79 Å². The van der Waals surface area contributed by atoms with E-state index in [1.165, 1.54) is 12.0 Å². The third kappa shape index (κ3) is 3.80. The number of benzene rings is 1. The Hall–Kier alpha value is -1.44. The van der Waals surface area contributed by atoms with Crippen molar-refractivity contribution in [2.45, 2.75) is 42.6 Å². The van der Waals surface area contributed by atoms with Crippen molar-refractivity contribution in [3.05, 3.63) is 40.9 Å². The van der Waals surface area contributed by atoms with Gasteiger partial charge in [-0.2, -0.15) is 0 Å². The quantitative estimate of drug-likeness (QED) is 0.608. The number of aromatic nitrogens is 2. The van der Waals surface area contributed by atoms with Gasteiger partial charge >= 0.3 is 0 Å². The molecule has 2 aliphatic heterocycles. The number of hydrogen-bond acceptors (Lipinski definition) is 6. The first-order valence-electron chi connectivity index (χ1n) is 9.23. The molecule has 2 aliphatic rings. The van der Waals surface area contributed by atoms with Crippen molar-refractivity contribution in [1.82, 2.24) is 20.4 Å². The maximum absolute atomic E-state index is 12.8. The van der Waals surface area contributed by atoms with Crippen molar-refractivity contribution < 1.29 is 4.79 Å². The van der Waals surface area contributed by atoms with Gasteiger partial charge in [-0.05, 0) is 38.3 Å². The van der Waals surface area contributed by atoms with Crippen molar-refractivity contribution >= 4 is 29.0 Å². The van der Waals surface area contributed by atoms with Gasteiger partial charge in [-0.1, -0.05) is 53.4 Å². The Morgan fingerprint density at radius 2 is 2.19 bits per heavy atom. The van der Waals surface area contributed by atoms with E-state index in [1.54, 1.807) is 23.1 Å². The van der Waals surface area contributed by atoms with Gasteiger partial charge in [0.25, 0.3) is 0 Å². The summed E-state index contributed by atoms with van der Waals surface area (Å²) in [5.74, 6) is 1.16. The average molecular weight is 389 g/mol. The van der Waals surface area contributed by atoms with Gasteiger partial charge in [0.1, 0.15) is 5.01 Å². The second kappa shape index (κ2) is 8.06. The monoisotopic (exact) mass is 388 g/mol. The molecule has 4 rings (SSSR count). The van der Waals surface area contributed by atoms with Crippen LogP contribution in [0, 0.1) is 12.8 Å². The predicted molar refractivity (Wildman–Crippen MR) is 105 cm³/mol. The summed E-state index contributed by atoms with van der Waals surface area (Å²) in [6, 6.07) is 11.4. The van der Waals surface area contributed by atoms with Gasteiger partial charge in [-0.3, -0.25) is 9.69 Å². The summed E-state index contributed by atoms with van der Waals surface area (Å²) in [4.78, 5) is 15.4. The van der Waals surface area contributed by atoms with E-state index in [4.69, 9.17) is 0 Å². The van der Waals surface area contributed by atoms with Gasteiger partial charge < -0.3 is 5.32 Å². The minimum Gasteiger partial charge on any atom is -0.355 e. The summed E-state index contributed by atoms with van der Waals surface area (Å²) >= 11 is 3.27. The zero-order valence-electron chi connectivity index (χ0n) is 14.9. The summed E-state index contributed by atoms with van der Waals surface area (Å²) in [5.41, 5.74) is 1.34. The first-order valence-corrected chi connectivity index (χ1v) is 11.0. The summed E-state index contributed by atoms with van der Waals surface area (Å²) in [5, 5.41) is 12.3. The van der Waals surface area contributed by atoms with Crippen molar-refractivity contribution in [2.75, 3.05) is 18.8 Å². The van der Waals surface area contributed by atoms with Crippen molar-refractivity contribution in [3.8, 4) is 0 Å². The number of fused-ring (bicyclic) bond motifs is 1. The fraction of sp³-hybridized carbons (Fsp3) is 0.526. The van der Waals surface area contributed by atoms with E-state index in [0.29, 0.717) is 18.6 Å². The minimum absolute atomic E-state index is 0.108. The molecule has 1 aromatic carbocycles. The maximum Gasteiger partial charge on any atom is 0.224 e. The number of hydrogen-bond donors (Lipinski definition) is 1. The van der Waals surface area contributed by atoms with Gasteiger partial charge in [0.15, 0.2) is 4.34 Å². The maximum atomic E-state index is 12.8. The Morgan fingerprint density at radius 1 is 1.35 bits per heavy atom. The largest absolute Gasteiger partial charge is 0.355 e. The van der Waals surface area contributed by atoms with Crippen LogP contribution in [0.15, 0.2) is 34.7 Å². The Balaban J connectivity index is 1.32. The number of carbonyl (C=O) groups excluding carboxylic acids is 1. The van der Waals surface area contributed by atoms with Crippen LogP contribution >= 0.6 is 23.1 Å². The predicted octanol–water partition coefficient (Wildman–Crippen LogP) is 3.28. The lowest BCUT2D eigenvalue weighted by atomic mass is 9.93. The molecule has 5 nitrogen and oxygen atoms in total. The van der Waals surface area contributed by atoms with Crippen LogP contribution in [0.4, 0.5) is 0 Å². The molecular formula is C19H24N4OS2. The molecular weight excluding hydrogens is 364 g/mol. The number of nitrogens with one attached hydrogen (secondary N) is 1. The van der Waals surface area contributed by atoms with Crippen LogP contribution in [0.1, 0.15) is 35.9 Å². The van der Waals surface area contributed by atoms with E-state index in [2.05, 4.69) is 50.7 Å². The molecule has 2 aromatic rings. The zero-order chi connectivity index (χ0) is 17.9. The SMILES string of the molecule is Cc1nnc(SCCNC(=O)[C@@H]2C[C@H](c3ccccc3)N3CCC[C@@H]23)s1. The molecule has 2 fully saturated rings. The highest BCUT2D eigenvalue weighted by molar-refractivity contribution is 8.01. The summed E-state index contributed by atoms with van der Waals surface area (Å²) in [7, 11) is 0. The van der Waals surface area contributed by atoms with Crippen LogP contribution in [0.25, 0.3) is 0 Å². The molecule has 2 saturated heterocycles. The van der Waals surface area contributed by atoms with Gasteiger partial charge in [0, 0.05) is 24.4 Å². The van der Waals surface area contributed by atoms with E-state index in [9.17, 15) is 4.79 Å².